The van der Waals surface area contributed by atoms with Gasteiger partial charge in [0.15, 0.2) is 5.75 Å². The van der Waals surface area contributed by atoms with Gasteiger partial charge < -0.3 is 25.8 Å². The van der Waals surface area contributed by atoms with Crippen LogP contribution in [0.25, 0.3) is 11.1 Å². The predicted molar refractivity (Wildman–Crippen MR) is 143 cm³/mol. The zero-order valence-corrected chi connectivity index (χ0v) is 21.1. The molecule has 2 amide bonds. The van der Waals surface area contributed by atoms with Gasteiger partial charge >= 0.3 is 5.69 Å². The summed E-state index contributed by atoms with van der Waals surface area (Å²) >= 11 is 0. The van der Waals surface area contributed by atoms with Gasteiger partial charge in [0.2, 0.25) is 5.91 Å². The zero-order valence-electron chi connectivity index (χ0n) is 21.1. The van der Waals surface area contributed by atoms with Crippen molar-refractivity contribution in [3.8, 4) is 16.9 Å². The molecule has 0 aromatic heterocycles. The molecule has 196 valence electrons. The SMILES string of the molecule is COc1cc(-c2ccc3c(c2)Nc2ccc(C4(C(N)=O)CCC(OC)CC4)cc2NC3=O)ccc1[N+](=O)[O-]. The van der Waals surface area contributed by atoms with Crippen LogP contribution in [0.1, 0.15) is 41.6 Å². The number of nitrogens with one attached hydrogen (secondary N) is 2. The first-order chi connectivity index (χ1) is 18.3. The van der Waals surface area contributed by atoms with Crippen LogP contribution in [0.2, 0.25) is 0 Å². The fourth-order valence-electron chi connectivity index (χ4n) is 5.42. The maximum absolute atomic E-state index is 13.2. The van der Waals surface area contributed by atoms with E-state index in [9.17, 15) is 19.7 Å². The van der Waals surface area contributed by atoms with Crippen LogP contribution < -0.4 is 21.1 Å². The van der Waals surface area contributed by atoms with E-state index >= 15 is 0 Å². The summed E-state index contributed by atoms with van der Waals surface area (Å²) in [6, 6.07) is 15.5. The van der Waals surface area contributed by atoms with Gasteiger partial charge in [-0.25, -0.2) is 0 Å². The highest BCUT2D eigenvalue weighted by Crippen LogP contribution is 2.43. The Bertz CT molecular complexity index is 1450. The van der Waals surface area contributed by atoms with E-state index in [1.165, 1.54) is 13.2 Å². The first-order valence-corrected chi connectivity index (χ1v) is 12.3. The van der Waals surface area contributed by atoms with Crippen molar-refractivity contribution in [2.75, 3.05) is 24.9 Å². The van der Waals surface area contributed by atoms with Crippen LogP contribution in [0.4, 0.5) is 22.7 Å². The Morgan fingerprint density at radius 2 is 1.68 bits per heavy atom. The molecule has 0 unspecified atom stereocenters. The number of nitro groups is 1. The maximum atomic E-state index is 13.2. The number of hydrogen-bond donors (Lipinski definition) is 3. The average molecular weight is 517 g/mol. The van der Waals surface area contributed by atoms with Crippen LogP contribution >= 0.6 is 0 Å². The highest BCUT2D eigenvalue weighted by atomic mass is 16.6. The number of nitro benzene ring substituents is 1. The van der Waals surface area contributed by atoms with Gasteiger partial charge in [-0.1, -0.05) is 12.1 Å². The van der Waals surface area contributed by atoms with Crippen molar-refractivity contribution in [1.29, 1.82) is 0 Å². The second-order valence-corrected chi connectivity index (χ2v) is 9.63. The molecule has 4 N–H and O–H groups in total. The Labute approximate surface area is 219 Å². The molecule has 1 heterocycles. The summed E-state index contributed by atoms with van der Waals surface area (Å²) in [4.78, 5) is 36.6. The third-order valence-corrected chi connectivity index (χ3v) is 7.65. The van der Waals surface area contributed by atoms with E-state index in [4.69, 9.17) is 15.2 Å². The number of hydrogen-bond acceptors (Lipinski definition) is 7. The van der Waals surface area contributed by atoms with E-state index in [2.05, 4.69) is 10.6 Å². The molecule has 0 atom stereocenters. The van der Waals surface area contributed by atoms with Gasteiger partial charge in [0.05, 0.1) is 46.2 Å². The average Bonchev–Trinajstić information content (AvgIpc) is 3.07. The molecule has 1 aliphatic carbocycles. The molecule has 0 radical (unpaired) electrons. The van der Waals surface area contributed by atoms with E-state index in [1.54, 1.807) is 31.4 Å². The van der Waals surface area contributed by atoms with Crippen molar-refractivity contribution in [1.82, 2.24) is 0 Å². The molecule has 2 aliphatic rings. The Balaban J connectivity index is 1.49. The fourth-order valence-corrected chi connectivity index (χ4v) is 5.42. The number of fused-ring (bicyclic) bond motifs is 2. The molecule has 3 aromatic rings. The van der Waals surface area contributed by atoms with Crippen molar-refractivity contribution >= 4 is 34.6 Å². The lowest BCUT2D eigenvalue weighted by Gasteiger charge is -2.38. The van der Waals surface area contributed by atoms with E-state index in [-0.39, 0.29) is 29.4 Å². The topological polar surface area (TPSA) is 146 Å². The maximum Gasteiger partial charge on any atom is 0.310 e. The van der Waals surface area contributed by atoms with Gasteiger partial charge in [0.1, 0.15) is 0 Å². The first kappa shape index (κ1) is 25.2. The van der Waals surface area contributed by atoms with E-state index in [0.29, 0.717) is 41.0 Å². The number of rotatable bonds is 6. The molecule has 38 heavy (non-hydrogen) atoms. The molecular weight excluding hydrogens is 488 g/mol. The van der Waals surface area contributed by atoms with Crippen molar-refractivity contribution in [3.63, 3.8) is 0 Å². The molecule has 1 aliphatic heterocycles. The number of amides is 2. The van der Waals surface area contributed by atoms with E-state index in [1.807, 2.05) is 24.3 Å². The monoisotopic (exact) mass is 516 g/mol. The molecular formula is C28H28N4O6. The van der Waals surface area contributed by atoms with E-state index in [0.717, 1.165) is 24.0 Å². The van der Waals surface area contributed by atoms with Crippen LogP contribution in [-0.4, -0.2) is 37.1 Å². The number of benzene rings is 3. The summed E-state index contributed by atoms with van der Waals surface area (Å²) in [7, 11) is 3.05. The lowest BCUT2D eigenvalue weighted by molar-refractivity contribution is -0.385. The summed E-state index contributed by atoms with van der Waals surface area (Å²) in [6.45, 7) is 0. The number of nitrogens with zero attached hydrogens (tertiary/aromatic N) is 1. The van der Waals surface area contributed by atoms with Gasteiger partial charge in [-0.2, -0.15) is 0 Å². The second kappa shape index (κ2) is 9.79. The Kier molecular flexibility index (Phi) is 6.50. The molecule has 10 nitrogen and oxygen atoms in total. The largest absolute Gasteiger partial charge is 0.490 e. The number of ether oxygens (including phenoxy) is 2. The Morgan fingerprint density at radius 3 is 2.34 bits per heavy atom. The minimum atomic E-state index is -0.823. The Morgan fingerprint density at radius 1 is 0.974 bits per heavy atom. The summed E-state index contributed by atoms with van der Waals surface area (Å²) in [5.41, 5.74) is 9.42. The van der Waals surface area contributed by atoms with Crippen LogP contribution in [0.3, 0.4) is 0 Å². The molecule has 1 fully saturated rings. The molecule has 1 saturated carbocycles. The standard InChI is InChI=1S/C28H28N4O6/c1-37-19-9-11-28(12-10-19,27(29)34)18-5-7-21-23(15-18)31-26(33)20-6-3-16(13-22(20)30-21)17-4-8-24(32(35)36)25(14-17)38-2/h3-8,13-15,19,30H,9-12H2,1-2H3,(H2,29,34)(H,31,33). The summed E-state index contributed by atoms with van der Waals surface area (Å²) in [5, 5.41) is 17.6. The highest BCUT2D eigenvalue weighted by Gasteiger charge is 2.42. The molecule has 5 rings (SSSR count). The lowest BCUT2D eigenvalue weighted by atomic mass is 9.68. The quantitative estimate of drug-likeness (QED) is 0.312. The number of primary amides is 1. The van der Waals surface area contributed by atoms with Gasteiger partial charge in [-0.05, 0) is 78.8 Å². The van der Waals surface area contributed by atoms with Crippen LogP contribution in [0.5, 0.6) is 5.75 Å². The van der Waals surface area contributed by atoms with E-state index < -0.39 is 10.3 Å². The minimum absolute atomic E-state index is 0.101. The Hall–Kier alpha value is -4.44. The van der Waals surface area contributed by atoms with Gasteiger partial charge in [-0.15, -0.1) is 0 Å². The van der Waals surface area contributed by atoms with Crippen molar-refractivity contribution in [2.45, 2.75) is 37.2 Å². The number of nitrogens with two attached hydrogens (primary N) is 1. The van der Waals surface area contributed by atoms with Gasteiger partial charge in [-0.3, -0.25) is 19.7 Å². The number of anilines is 3. The first-order valence-electron chi connectivity index (χ1n) is 12.3. The third-order valence-electron chi connectivity index (χ3n) is 7.65. The van der Waals surface area contributed by atoms with Gasteiger partial charge in [0, 0.05) is 13.2 Å². The van der Waals surface area contributed by atoms with Crippen LogP contribution in [0, 0.1) is 10.1 Å². The number of carbonyl (C=O) groups excluding carboxylic acids is 2. The highest BCUT2D eigenvalue weighted by molar-refractivity contribution is 6.12. The second-order valence-electron chi connectivity index (χ2n) is 9.63. The van der Waals surface area contributed by atoms with Crippen LogP contribution in [0.15, 0.2) is 54.6 Å². The minimum Gasteiger partial charge on any atom is -0.490 e. The third kappa shape index (κ3) is 4.32. The fraction of sp³-hybridized carbons (Fsp3) is 0.286. The van der Waals surface area contributed by atoms with Crippen LogP contribution in [-0.2, 0) is 14.9 Å². The predicted octanol–water partition coefficient (Wildman–Crippen LogP) is 4.89. The summed E-state index contributed by atoms with van der Waals surface area (Å²) < 4.78 is 10.7. The smallest absolute Gasteiger partial charge is 0.310 e. The molecule has 0 spiro atoms. The van der Waals surface area contributed by atoms with Gasteiger partial charge in [0.25, 0.3) is 5.91 Å². The summed E-state index contributed by atoms with van der Waals surface area (Å²) in [5.74, 6) is -0.534. The lowest BCUT2D eigenvalue weighted by Crippen LogP contribution is -2.45. The molecule has 3 aromatic carbocycles. The number of methoxy groups -OCH3 is 2. The zero-order chi connectivity index (χ0) is 27.0. The summed E-state index contributed by atoms with van der Waals surface area (Å²) in [6.07, 6.45) is 2.70. The van der Waals surface area contributed by atoms with Crippen molar-refractivity contribution in [3.05, 3.63) is 75.8 Å². The normalized spacial score (nSPS) is 20.3. The molecule has 0 bridgehead atoms. The van der Waals surface area contributed by atoms with Crippen molar-refractivity contribution in [2.24, 2.45) is 5.73 Å². The molecule has 0 saturated heterocycles. The van der Waals surface area contributed by atoms with Crippen molar-refractivity contribution < 1.29 is 24.0 Å². The number of carbonyl (C=O) groups is 2. The molecule has 10 heteroatoms.